The van der Waals surface area contributed by atoms with E-state index in [1.165, 1.54) is 19.2 Å². The second-order valence-corrected chi connectivity index (χ2v) is 12.4. The highest BCUT2D eigenvalue weighted by molar-refractivity contribution is 7.89. The lowest BCUT2D eigenvalue weighted by Gasteiger charge is -2.24. The van der Waals surface area contributed by atoms with Gasteiger partial charge < -0.3 is 14.8 Å². The van der Waals surface area contributed by atoms with Crippen LogP contribution in [0.25, 0.3) is 0 Å². The number of ether oxygens (including phenoxy) is 2. The van der Waals surface area contributed by atoms with Gasteiger partial charge in [-0.3, -0.25) is 9.59 Å². The van der Waals surface area contributed by atoms with E-state index in [4.69, 9.17) is 21.1 Å². The number of alkyl carbamates (subject to hydrolysis) is 1. The average Bonchev–Trinajstić information content (AvgIpc) is 2.97. The van der Waals surface area contributed by atoms with Crippen molar-refractivity contribution in [1.82, 2.24) is 9.62 Å². The second kappa shape index (κ2) is 12.2. The second-order valence-electron chi connectivity index (χ2n) is 10.1. The molecule has 1 saturated heterocycles. The molecule has 1 heterocycles. The lowest BCUT2D eigenvalue weighted by molar-refractivity contribution is -0.131. The van der Waals surface area contributed by atoms with Gasteiger partial charge in [0.2, 0.25) is 5.91 Å². The van der Waals surface area contributed by atoms with E-state index < -0.39 is 40.1 Å². The lowest BCUT2D eigenvalue weighted by atomic mass is 9.93. The van der Waals surface area contributed by atoms with Gasteiger partial charge >= 0.3 is 6.09 Å². The van der Waals surface area contributed by atoms with Crippen LogP contribution in [0.2, 0.25) is 5.02 Å². The maximum atomic E-state index is 13.5. The summed E-state index contributed by atoms with van der Waals surface area (Å²) in [5, 5.41) is 3.11. The van der Waals surface area contributed by atoms with Crippen LogP contribution in [0.15, 0.2) is 47.4 Å². The van der Waals surface area contributed by atoms with Gasteiger partial charge in [0.05, 0.1) is 18.6 Å². The normalized spacial score (nSPS) is 16.7. The van der Waals surface area contributed by atoms with E-state index in [1.807, 2.05) is 0 Å². The van der Waals surface area contributed by atoms with Gasteiger partial charge in [-0.15, -0.1) is 0 Å². The third-order valence-electron chi connectivity index (χ3n) is 5.99. The van der Waals surface area contributed by atoms with Crippen molar-refractivity contribution in [3.63, 3.8) is 0 Å². The topological polar surface area (TPSA) is 119 Å². The number of ketones is 1. The van der Waals surface area contributed by atoms with E-state index in [-0.39, 0.29) is 29.9 Å². The Morgan fingerprint density at radius 3 is 2.45 bits per heavy atom. The highest BCUT2D eigenvalue weighted by Gasteiger charge is 2.38. The molecule has 1 fully saturated rings. The molecule has 206 valence electrons. The number of rotatable bonds is 8. The van der Waals surface area contributed by atoms with Crippen LogP contribution in [0.4, 0.5) is 4.79 Å². The predicted octanol–water partition coefficient (Wildman–Crippen LogP) is 4.15. The highest BCUT2D eigenvalue weighted by Crippen LogP contribution is 2.30. The van der Waals surface area contributed by atoms with Crippen molar-refractivity contribution >= 4 is 39.4 Å². The van der Waals surface area contributed by atoms with E-state index in [2.05, 4.69) is 5.32 Å². The first kappa shape index (κ1) is 29.4. The molecule has 0 aliphatic carbocycles. The Balaban J connectivity index is 1.74. The Morgan fingerprint density at radius 2 is 1.82 bits per heavy atom. The molecule has 9 nitrogen and oxygen atoms in total. The van der Waals surface area contributed by atoms with Gasteiger partial charge in [-0.05, 0) is 81.5 Å². The number of methoxy groups -OCH3 is 1. The Bertz CT molecular complexity index is 1290. The van der Waals surface area contributed by atoms with Gasteiger partial charge in [-0.2, -0.15) is 0 Å². The molecule has 1 aliphatic rings. The van der Waals surface area contributed by atoms with Crippen LogP contribution >= 0.6 is 11.6 Å². The van der Waals surface area contributed by atoms with Crippen molar-refractivity contribution in [3.8, 4) is 5.75 Å². The zero-order valence-corrected chi connectivity index (χ0v) is 23.5. The molecule has 0 radical (unpaired) electrons. The third-order valence-corrected chi connectivity index (χ3v) is 7.98. The summed E-state index contributed by atoms with van der Waals surface area (Å²) in [6, 6.07) is 11.0. The first-order valence-electron chi connectivity index (χ1n) is 12.3. The number of Topliss-reactive ketones (excluding diaryl/α,β-unsaturated/α-hetero) is 1. The van der Waals surface area contributed by atoms with Gasteiger partial charge in [0.25, 0.3) is 10.0 Å². The summed E-state index contributed by atoms with van der Waals surface area (Å²) < 4.78 is 38.1. The maximum absolute atomic E-state index is 13.5. The Kier molecular flexibility index (Phi) is 9.43. The summed E-state index contributed by atoms with van der Waals surface area (Å²) in [5.41, 5.74) is 0.837. The first-order chi connectivity index (χ1) is 17.8. The molecular weight excluding hydrogens is 532 g/mol. The number of hydrogen-bond acceptors (Lipinski definition) is 7. The van der Waals surface area contributed by atoms with Gasteiger partial charge in [0, 0.05) is 23.9 Å². The smallest absolute Gasteiger partial charge is 0.407 e. The minimum Gasteiger partial charge on any atom is -0.496 e. The number of nitrogens with zero attached hydrogens (tertiary/aromatic N) is 1. The van der Waals surface area contributed by atoms with Crippen molar-refractivity contribution in [2.24, 2.45) is 5.92 Å². The molecule has 0 bridgehead atoms. The molecule has 0 spiro atoms. The molecule has 1 unspecified atom stereocenters. The van der Waals surface area contributed by atoms with E-state index in [1.54, 1.807) is 51.1 Å². The van der Waals surface area contributed by atoms with Crippen molar-refractivity contribution in [1.29, 1.82) is 0 Å². The van der Waals surface area contributed by atoms with Crippen LogP contribution in [-0.2, 0) is 37.2 Å². The number of halogens is 1. The van der Waals surface area contributed by atoms with E-state index in [9.17, 15) is 22.8 Å². The van der Waals surface area contributed by atoms with Crippen LogP contribution < -0.4 is 10.1 Å². The minimum atomic E-state index is -4.27. The van der Waals surface area contributed by atoms with Crippen molar-refractivity contribution in [3.05, 3.63) is 58.6 Å². The van der Waals surface area contributed by atoms with Crippen LogP contribution in [0.3, 0.4) is 0 Å². The molecule has 2 aromatic carbocycles. The summed E-state index contributed by atoms with van der Waals surface area (Å²) in [6.07, 6.45) is 0.416. The number of sulfonamides is 1. The van der Waals surface area contributed by atoms with Crippen molar-refractivity contribution in [2.45, 2.75) is 57.0 Å². The summed E-state index contributed by atoms with van der Waals surface area (Å²) in [5.74, 6) is -1.17. The minimum absolute atomic E-state index is 0.0922. The molecule has 3 rings (SSSR count). The number of carbonyl (C=O) groups excluding carboxylic acids is 3. The highest BCUT2D eigenvalue weighted by atomic mass is 35.5. The number of benzene rings is 2. The standard InChI is InChI=1S/C27H33ClN2O7S/c1-27(2,3)37-26(33)29-14-13-18-5-10-23(11-6-18)38(34,35)30-17-22(31)9-7-19(25(30)32)15-20-16-21(28)8-12-24(20)36-4/h5-6,8,10-12,16,19H,7,9,13-15,17H2,1-4H3,(H,29,33). The third kappa shape index (κ3) is 7.70. The first-order valence-corrected chi connectivity index (χ1v) is 14.1. The summed E-state index contributed by atoms with van der Waals surface area (Å²) >= 11 is 6.12. The number of hydrogen-bond donors (Lipinski definition) is 1. The van der Waals surface area contributed by atoms with Crippen molar-refractivity contribution < 1.29 is 32.3 Å². The Hall–Kier alpha value is -3.11. The largest absolute Gasteiger partial charge is 0.496 e. The molecule has 1 atom stereocenters. The van der Waals surface area contributed by atoms with Crippen LogP contribution in [0.5, 0.6) is 5.75 Å². The van der Waals surface area contributed by atoms with Crippen LogP contribution in [-0.4, -0.2) is 56.3 Å². The fourth-order valence-electron chi connectivity index (χ4n) is 4.12. The molecule has 1 N–H and O–H groups in total. The van der Waals surface area contributed by atoms with E-state index >= 15 is 0 Å². The zero-order chi connectivity index (χ0) is 28.1. The number of carbonyl (C=O) groups is 3. The molecule has 1 aliphatic heterocycles. The molecule has 0 saturated carbocycles. The summed E-state index contributed by atoms with van der Waals surface area (Å²) in [7, 11) is -2.77. The number of amides is 2. The zero-order valence-electron chi connectivity index (χ0n) is 22.0. The molecule has 0 aromatic heterocycles. The maximum Gasteiger partial charge on any atom is 0.407 e. The monoisotopic (exact) mass is 564 g/mol. The van der Waals surface area contributed by atoms with Crippen LogP contribution in [0.1, 0.15) is 44.7 Å². The van der Waals surface area contributed by atoms with Crippen molar-refractivity contribution in [2.75, 3.05) is 20.2 Å². The average molecular weight is 565 g/mol. The van der Waals surface area contributed by atoms with Gasteiger partial charge in [-0.1, -0.05) is 23.7 Å². The van der Waals surface area contributed by atoms with Gasteiger partial charge in [0.15, 0.2) is 5.78 Å². The van der Waals surface area contributed by atoms with E-state index in [0.29, 0.717) is 33.6 Å². The lowest BCUT2D eigenvalue weighted by Crippen LogP contribution is -2.42. The van der Waals surface area contributed by atoms with Gasteiger partial charge in [0.1, 0.15) is 11.4 Å². The molecule has 38 heavy (non-hydrogen) atoms. The fraction of sp³-hybridized carbons (Fsp3) is 0.444. The SMILES string of the molecule is COc1ccc(Cl)cc1CC1CCC(=O)CN(S(=O)(=O)c2ccc(CCNC(=O)OC(C)(C)C)cc2)C1=O. The molecular formula is C27H33ClN2O7S. The molecule has 2 aromatic rings. The Morgan fingerprint density at radius 1 is 1.13 bits per heavy atom. The number of nitrogens with one attached hydrogen (secondary N) is 1. The van der Waals surface area contributed by atoms with E-state index in [0.717, 1.165) is 5.56 Å². The quantitative estimate of drug-likeness (QED) is 0.511. The molecule has 11 heteroatoms. The predicted molar refractivity (Wildman–Crippen MR) is 143 cm³/mol. The fourth-order valence-corrected chi connectivity index (χ4v) is 5.75. The summed E-state index contributed by atoms with van der Waals surface area (Å²) in [6.45, 7) is 5.10. The van der Waals surface area contributed by atoms with Crippen LogP contribution in [0, 0.1) is 5.92 Å². The molecule has 2 amide bonds. The van der Waals surface area contributed by atoms with Gasteiger partial charge in [-0.25, -0.2) is 17.5 Å². The Labute approximate surface area is 228 Å². The summed E-state index contributed by atoms with van der Waals surface area (Å²) in [4.78, 5) is 37.6.